The number of hydrogen-bond donors (Lipinski definition) is 2. The maximum atomic E-state index is 10.8. The molecule has 2 N–H and O–H groups in total. The van der Waals surface area contributed by atoms with E-state index in [0.717, 1.165) is 0 Å². The van der Waals surface area contributed by atoms with E-state index in [2.05, 4.69) is 15.9 Å². The summed E-state index contributed by atoms with van der Waals surface area (Å²) in [5.41, 5.74) is 1.07. The van der Waals surface area contributed by atoms with Gasteiger partial charge in [0.25, 0.3) is 0 Å². The predicted octanol–water partition coefficient (Wildman–Crippen LogP) is 2.46. The van der Waals surface area contributed by atoms with Crippen molar-refractivity contribution >= 4 is 27.9 Å². The fraction of sp³-hybridized carbons (Fsp3) is 0.200. The Morgan fingerprint density at radius 3 is 1.67 bits per heavy atom. The van der Waals surface area contributed by atoms with Crippen LogP contribution in [0.1, 0.15) is 31.8 Å². The van der Waals surface area contributed by atoms with Crippen LogP contribution >= 0.6 is 15.9 Å². The van der Waals surface area contributed by atoms with E-state index < -0.39 is 11.9 Å². The predicted molar refractivity (Wildman–Crippen MR) is 57.5 cm³/mol. The molecule has 1 rings (SSSR count). The molecule has 0 saturated carbocycles. The number of carboxylic acid groups (broad SMARTS) is 2. The zero-order chi connectivity index (χ0) is 11.7. The zero-order valence-corrected chi connectivity index (χ0v) is 9.75. The molecule has 0 amide bonds. The summed E-state index contributed by atoms with van der Waals surface area (Å²) in [6, 6.07) is 1.18. The van der Waals surface area contributed by atoms with Gasteiger partial charge in [0.05, 0.1) is 11.1 Å². The number of aromatic carboxylic acids is 2. The van der Waals surface area contributed by atoms with Crippen LogP contribution < -0.4 is 0 Å². The largest absolute Gasteiger partial charge is 0.478 e. The third-order valence-electron chi connectivity index (χ3n) is 2.22. The van der Waals surface area contributed by atoms with E-state index in [9.17, 15) is 9.59 Å². The number of halogens is 1. The Kier molecular flexibility index (Phi) is 3.14. The van der Waals surface area contributed by atoms with E-state index >= 15 is 0 Å². The lowest BCUT2D eigenvalue weighted by molar-refractivity contribution is 0.0695. The summed E-state index contributed by atoms with van der Waals surface area (Å²) >= 11 is 3.19. The topological polar surface area (TPSA) is 74.6 Å². The van der Waals surface area contributed by atoms with E-state index in [1.165, 1.54) is 6.07 Å². The van der Waals surface area contributed by atoms with Gasteiger partial charge in [-0.3, -0.25) is 0 Å². The molecule has 1 aromatic carbocycles. The molecule has 5 heteroatoms. The molecule has 1 aromatic rings. The van der Waals surface area contributed by atoms with Gasteiger partial charge in [-0.1, -0.05) is 15.9 Å². The van der Waals surface area contributed by atoms with Crippen LogP contribution in [0.5, 0.6) is 0 Å². The molecule has 0 spiro atoms. The fourth-order valence-corrected chi connectivity index (χ4v) is 1.75. The quantitative estimate of drug-likeness (QED) is 0.867. The van der Waals surface area contributed by atoms with Crippen LogP contribution in [0.3, 0.4) is 0 Å². The van der Waals surface area contributed by atoms with Crippen molar-refractivity contribution < 1.29 is 19.8 Å². The van der Waals surface area contributed by atoms with Gasteiger partial charge >= 0.3 is 11.9 Å². The molecular weight excluding hydrogens is 264 g/mol. The first-order valence-corrected chi connectivity index (χ1v) is 4.91. The van der Waals surface area contributed by atoms with Crippen LogP contribution in [0.15, 0.2) is 10.5 Å². The minimum atomic E-state index is -1.13. The third-order valence-corrected chi connectivity index (χ3v) is 3.41. The van der Waals surface area contributed by atoms with Crippen molar-refractivity contribution in [2.24, 2.45) is 0 Å². The van der Waals surface area contributed by atoms with Gasteiger partial charge in [-0.05, 0) is 31.0 Å². The molecule has 0 saturated heterocycles. The summed E-state index contributed by atoms with van der Waals surface area (Å²) in [4.78, 5) is 21.7. The highest BCUT2D eigenvalue weighted by molar-refractivity contribution is 9.10. The van der Waals surface area contributed by atoms with Crippen molar-refractivity contribution in [1.82, 2.24) is 0 Å². The lowest BCUT2D eigenvalue weighted by atomic mass is 10.00. The first-order chi connectivity index (χ1) is 6.86. The first kappa shape index (κ1) is 11.7. The molecule has 0 fully saturated rings. The average Bonchev–Trinajstić information content (AvgIpc) is 2.13. The van der Waals surface area contributed by atoms with Crippen molar-refractivity contribution in [1.29, 1.82) is 0 Å². The number of carboxylic acids is 2. The van der Waals surface area contributed by atoms with Crippen molar-refractivity contribution in [3.63, 3.8) is 0 Å². The maximum Gasteiger partial charge on any atom is 0.336 e. The number of hydrogen-bond acceptors (Lipinski definition) is 2. The fourth-order valence-electron chi connectivity index (χ4n) is 1.32. The van der Waals surface area contributed by atoms with Crippen molar-refractivity contribution in [2.45, 2.75) is 13.8 Å². The van der Waals surface area contributed by atoms with Crippen LogP contribution in [0.25, 0.3) is 0 Å². The molecule has 4 nitrogen and oxygen atoms in total. The molecule has 15 heavy (non-hydrogen) atoms. The lowest BCUT2D eigenvalue weighted by Gasteiger charge is -2.09. The number of benzene rings is 1. The second-order valence-corrected chi connectivity index (χ2v) is 3.94. The minimum Gasteiger partial charge on any atom is -0.478 e. The Hall–Kier alpha value is -1.36. The van der Waals surface area contributed by atoms with Crippen molar-refractivity contribution in [3.05, 3.63) is 32.8 Å². The van der Waals surface area contributed by atoms with Gasteiger partial charge in [0.1, 0.15) is 0 Å². The highest BCUT2D eigenvalue weighted by atomic mass is 79.9. The van der Waals surface area contributed by atoms with Crippen LogP contribution in [0.2, 0.25) is 0 Å². The summed E-state index contributed by atoms with van der Waals surface area (Å²) in [6.45, 7) is 3.26. The van der Waals surface area contributed by atoms with Crippen molar-refractivity contribution in [2.75, 3.05) is 0 Å². The van der Waals surface area contributed by atoms with E-state index in [1.54, 1.807) is 13.8 Å². The Morgan fingerprint density at radius 1 is 1.07 bits per heavy atom. The van der Waals surface area contributed by atoms with Crippen LogP contribution in [0, 0.1) is 13.8 Å². The Morgan fingerprint density at radius 2 is 1.40 bits per heavy atom. The monoisotopic (exact) mass is 272 g/mol. The number of rotatable bonds is 2. The van der Waals surface area contributed by atoms with Crippen LogP contribution in [-0.2, 0) is 0 Å². The van der Waals surface area contributed by atoms with Gasteiger partial charge in [-0.2, -0.15) is 0 Å². The van der Waals surface area contributed by atoms with Gasteiger partial charge in [0.15, 0.2) is 0 Å². The smallest absolute Gasteiger partial charge is 0.336 e. The molecule has 0 aliphatic heterocycles. The lowest BCUT2D eigenvalue weighted by Crippen LogP contribution is -2.08. The molecule has 0 aromatic heterocycles. The summed E-state index contributed by atoms with van der Waals surface area (Å²) in [7, 11) is 0. The highest BCUT2D eigenvalue weighted by Crippen LogP contribution is 2.27. The second-order valence-electron chi connectivity index (χ2n) is 3.15. The zero-order valence-electron chi connectivity index (χ0n) is 8.17. The third kappa shape index (κ3) is 2.02. The van der Waals surface area contributed by atoms with Gasteiger partial charge < -0.3 is 10.2 Å². The van der Waals surface area contributed by atoms with Crippen LogP contribution in [0.4, 0.5) is 0 Å². The SMILES string of the molecule is Cc1c(C(=O)O)cc(C(=O)O)c(C)c1Br. The van der Waals surface area contributed by atoms with Crippen LogP contribution in [-0.4, -0.2) is 22.2 Å². The van der Waals surface area contributed by atoms with Gasteiger partial charge in [-0.25, -0.2) is 9.59 Å². The Bertz CT molecular complexity index is 413. The van der Waals surface area contributed by atoms with Gasteiger partial charge in [-0.15, -0.1) is 0 Å². The first-order valence-electron chi connectivity index (χ1n) is 4.12. The van der Waals surface area contributed by atoms with Gasteiger partial charge in [0, 0.05) is 4.47 Å². The summed E-state index contributed by atoms with van der Waals surface area (Å²) < 4.78 is 0.528. The standard InChI is InChI=1S/C10H9BrO4/c1-4-6(9(12)13)3-7(10(14)15)5(2)8(4)11/h3H,1-2H3,(H,12,13)(H,14,15). The highest BCUT2D eigenvalue weighted by Gasteiger charge is 2.18. The summed E-state index contributed by atoms with van der Waals surface area (Å²) in [6.07, 6.45) is 0. The van der Waals surface area contributed by atoms with E-state index in [-0.39, 0.29) is 11.1 Å². The molecule has 0 atom stereocenters. The second kappa shape index (κ2) is 4.02. The van der Waals surface area contributed by atoms with E-state index in [1.807, 2.05) is 0 Å². The average molecular weight is 273 g/mol. The number of carbonyl (C=O) groups is 2. The summed E-state index contributed by atoms with van der Waals surface area (Å²) in [5, 5.41) is 17.7. The normalized spacial score (nSPS) is 10.1. The molecule has 0 aliphatic rings. The van der Waals surface area contributed by atoms with E-state index in [0.29, 0.717) is 15.6 Å². The molecule has 0 aliphatic carbocycles. The molecule has 0 radical (unpaired) electrons. The van der Waals surface area contributed by atoms with Crippen molar-refractivity contribution in [3.8, 4) is 0 Å². The molecule has 0 unspecified atom stereocenters. The Labute approximate surface area is 94.7 Å². The summed E-state index contributed by atoms with van der Waals surface area (Å²) in [5.74, 6) is -2.26. The van der Waals surface area contributed by atoms with Gasteiger partial charge in [0.2, 0.25) is 0 Å². The maximum absolute atomic E-state index is 10.8. The molecular formula is C10H9BrO4. The Balaban J connectivity index is 3.59. The molecule has 80 valence electrons. The minimum absolute atomic E-state index is 0.00451. The van der Waals surface area contributed by atoms with E-state index in [4.69, 9.17) is 10.2 Å². The molecule has 0 heterocycles. The molecule has 0 bridgehead atoms.